The number of nitrogens with one attached hydrogen (secondary N) is 1. The van der Waals surface area contributed by atoms with Crippen LogP contribution in [0.15, 0.2) is 23.6 Å². The lowest BCUT2D eigenvalue weighted by Crippen LogP contribution is -2.00. The minimum Gasteiger partial charge on any atom is -0.481 e. The van der Waals surface area contributed by atoms with Gasteiger partial charge in [-0.1, -0.05) is 17.7 Å². The molecule has 2 aromatic rings. The van der Waals surface area contributed by atoms with Crippen molar-refractivity contribution in [3.8, 4) is 0 Å². The molecule has 0 aliphatic carbocycles. The zero-order valence-corrected chi connectivity index (χ0v) is 11.2. The molecule has 0 unspecified atom stereocenters. The molecule has 94 valence electrons. The quantitative estimate of drug-likeness (QED) is 0.901. The van der Waals surface area contributed by atoms with E-state index in [1.807, 2.05) is 25.1 Å². The molecule has 0 aliphatic rings. The van der Waals surface area contributed by atoms with Gasteiger partial charge in [-0.3, -0.25) is 4.79 Å². The topological polar surface area (TPSA) is 62.2 Å². The van der Waals surface area contributed by atoms with Crippen LogP contribution in [0.1, 0.15) is 11.3 Å². The number of hydrogen-bond acceptors (Lipinski definition) is 4. The van der Waals surface area contributed by atoms with Gasteiger partial charge in [-0.15, -0.1) is 11.3 Å². The predicted molar refractivity (Wildman–Crippen MR) is 72.9 cm³/mol. The third-order valence-corrected chi connectivity index (χ3v) is 3.52. The van der Waals surface area contributed by atoms with E-state index in [1.165, 1.54) is 11.3 Å². The standard InChI is InChI=1S/C12H11ClN2O2S/c1-7-2-3-8(4-10(7)13)14-12-15-9(6-18-12)5-11(16)17/h2-4,6H,5H2,1H3,(H,14,15)(H,16,17). The van der Waals surface area contributed by atoms with Crippen LogP contribution in [-0.2, 0) is 11.2 Å². The molecule has 0 saturated carbocycles. The van der Waals surface area contributed by atoms with Crippen molar-refractivity contribution in [1.82, 2.24) is 4.98 Å². The zero-order valence-electron chi connectivity index (χ0n) is 9.61. The van der Waals surface area contributed by atoms with E-state index in [0.29, 0.717) is 15.8 Å². The molecule has 0 bridgehead atoms. The lowest BCUT2D eigenvalue weighted by Gasteiger charge is -2.04. The maximum absolute atomic E-state index is 10.5. The van der Waals surface area contributed by atoms with Gasteiger partial charge in [0.1, 0.15) is 0 Å². The van der Waals surface area contributed by atoms with Crippen LogP contribution in [0.4, 0.5) is 10.8 Å². The molecule has 0 radical (unpaired) electrons. The molecule has 0 spiro atoms. The Morgan fingerprint density at radius 2 is 2.33 bits per heavy atom. The fourth-order valence-corrected chi connectivity index (χ4v) is 2.31. The zero-order chi connectivity index (χ0) is 13.1. The highest BCUT2D eigenvalue weighted by atomic mass is 35.5. The Bertz CT molecular complexity index is 583. The number of rotatable bonds is 4. The van der Waals surface area contributed by atoms with Gasteiger partial charge in [0, 0.05) is 16.1 Å². The summed E-state index contributed by atoms with van der Waals surface area (Å²) in [6.45, 7) is 1.93. The molecule has 0 saturated heterocycles. The van der Waals surface area contributed by atoms with Crippen molar-refractivity contribution < 1.29 is 9.90 Å². The van der Waals surface area contributed by atoms with Crippen molar-refractivity contribution in [3.05, 3.63) is 39.9 Å². The van der Waals surface area contributed by atoms with Crippen LogP contribution >= 0.6 is 22.9 Å². The number of nitrogens with zero attached hydrogens (tertiary/aromatic N) is 1. The van der Waals surface area contributed by atoms with Crippen molar-refractivity contribution in [3.63, 3.8) is 0 Å². The van der Waals surface area contributed by atoms with E-state index in [0.717, 1.165) is 11.3 Å². The van der Waals surface area contributed by atoms with Crippen molar-refractivity contribution in [2.75, 3.05) is 5.32 Å². The molecule has 0 fully saturated rings. The maximum atomic E-state index is 10.5. The third-order valence-electron chi connectivity index (χ3n) is 2.31. The van der Waals surface area contributed by atoms with Crippen LogP contribution < -0.4 is 5.32 Å². The second-order valence-electron chi connectivity index (χ2n) is 3.80. The monoisotopic (exact) mass is 282 g/mol. The Hall–Kier alpha value is -1.59. The molecule has 0 aliphatic heterocycles. The number of thiazole rings is 1. The van der Waals surface area contributed by atoms with Gasteiger partial charge in [-0.2, -0.15) is 0 Å². The van der Waals surface area contributed by atoms with Crippen LogP contribution in [0.25, 0.3) is 0 Å². The number of anilines is 2. The summed E-state index contributed by atoms with van der Waals surface area (Å²) in [6, 6.07) is 5.63. The highest BCUT2D eigenvalue weighted by Crippen LogP contribution is 2.25. The minimum absolute atomic E-state index is 0.0627. The normalized spacial score (nSPS) is 10.3. The third kappa shape index (κ3) is 3.21. The Balaban J connectivity index is 2.11. The molecule has 4 nitrogen and oxygen atoms in total. The summed E-state index contributed by atoms with van der Waals surface area (Å²) in [5.74, 6) is -0.884. The van der Waals surface area contributed by atoms with Crippen molar-refractivity contribution in [2.24, 2.45) is 0 Å². The van der Waals surface area contributed by atoms with Crippen LogP contribution in [-0.4, -0.2) is 16.1 Å². The molecular formula is C12H11ClN2O2S. The van der Waals surface area contributed by atoms with Crippen molar-refractivity contribution in [2.45, 2.75) is 13.3 Å². The van der Waals surface area contributed by atoms with E-state index in [-0.39, 0.29) is 6.42 Å². The molecule has 1 aromatic heterocycles. The van der Waals surface area contributed by atoms with Crippen molar-refractivity contribution in [1.29, 1.82) is 0 Å². The maximum Gasteiger partial charge on any atom is 0.309 e. The van der Waals surface area contributed by atoms with Gasteiger partial charge < -0.3 is 10.4 Å². The average molecular weight is 283 g/mol. The number of carboxylic acids is 1. The van der Waals surface area contributed by atoms with Gasteiger partial charge in [-0.05, 0) is 24.6 Å². The summed E-state index contributed by atoms with van der Waals surface area (Å²) < 4.78 is 0. The molecule has 1 heterocycles. The van der Waals surface area contributed by atoms with Crippen LogP contribution in [0.3, 0.4) is 0 Å². The largest absolute Gasteiger partial charge is 0.481 e. The van der Waals surface area contributed by atoms with Gasteiger partial charge in [0.2, 0.25) is 0 Å². The highest BCUT2D eigenvalue weighted by Gasteiger charge is 2.06. The second-order valence-corrected chi connectivity index (χ2v) is 5.07. The summed E-state index contributed by atoms with van der Waals surface area (Å²) in [7, 11) is 0. The number of carboxylic acid groups (broad SMARTS) is 1. The van der Waals surface area contributed by atoms with Gasteiger partial charge in [-0.25, -0.2) is 4.98 Å². The average Bonchev–Trinajstić information content (AvgIpc) is 2.70. The van der Waals surface area contributed by atoms with E-state index in [4.69, 9.17) is 16.7 Å². The predicted octanol–water partition coefficient (Wildman–Crippen LogP) is 3.48. The minimum atomic E-state index is -0.884. The summed E-state index contributed by atoms with van der Waals surface area (Å²) in [6.07, 6.45) is -0.0627. The molecule has 2 N–H and O–H groups in total. The SMILES string of the molecule is Cc1ccc(Nc2nc(CC(=O)O)cs2)cc1Cl. The molecule has 18 heavy (non-hydrogen) atoms. The fraction of sp³-hybridized carbons (Fsp3) is 0.167. The van der Waals surface area contributed by atoms with E-state index in [1.54, 1.807) is 5.38 Å². The lowest BCUT2D eigenvalue weighted by molar-refractivity contribution is -0.136. The number of halogens is 1. The summed E-state index contributed by atoms with van der Waals surface area (Å²) >= 11 is 7.39. The Morgan fingerprint density at radius 1 is 1.56 bits per heavy atom. The first-order valence-electron chi connectivity index (χ1n) is 5.24. The Morgan fingerprint density at radius 3 is 3.00 bits per heavy atom. The molecule has 0 atom stereocenters. The van der Waals surface area contributed by atoms with Crippen LogP contribution in [0.5, 0.6) is 0 Å². The summed E-state index contributed by atoms with van der Waals surface area (Å²) in [5.41, 5.74) is 2.39. The molecule has 0 amide bonds. The lowest BCUT2D eigenvalue weighted by atomic mass is 10.2. The van der Waals surface area contributed by atoms with Gasteiger partial charge in [0.15, 0.2) is 5.13 Å². The fourth-order valence-electron chi connectivity index (χ4n) is 1.39. The molecule has 1 aromatic carbocycles. The van der Waals surface area contributed by atoms with Crippen LogP contribution in [0.2, 0.25) is 5.02 Å². The number of aromatic nitrogens is 1. The molecule has 2 rings (SSSR count). The number of carbonyl (C=O) groups is 1. The van der Waals surface area contributed by atoms with E-state index < -0.39 is 5.97 Å². The number of benzene rings is 1. The molecule has 6 heteroatoms. The first-order valence-corrected chi connectivity index (χ1v) is 6.50. The Labute approximate surface area is 113 Å². The number of aliphatic carboxylic acids is 1. The number of aryl methyl sites for hydroxylation is 1. The first kappa shape index (κ1) is 12.9. The first-order chi connectivity index (χ1) is 8.54. The van der Waals surface area contributed by atoms with E-state index >= 15 is 0 Å². The second kappa shape index (κ2) is 5.37. The smallest absolute Gasteiger partial charge is 0.309 e. The van der Waals surface area contributed by atoms with E-state index in [9.17, 15) is 4.79 Å². The number of hydrogen-bond donors (Lipinski definition) is 2. The summed E-state index contributed by atoms with van der Waals surface area (Å²) in [4.78, 5) is 14.7. The van der Waals surface area contributed by atoms with Gasteiger partial charge >= 0.3 is 5.97 Å². The summed E-state index contributed by atoms with van der Waals surface area (Å²) in [5, 5.41) is 14.8. The van der Waals surface area contributed by atoms with Crippen LogP contribution in [0, 0.1) is 6.92 Å². The Kier molecular flexibility index (Phi) is 3.84. The van der Waals surface area contributed by atoms with Crippen molar-refractivity contribution >= 4 is 39.7 Å². The molecular weight excluding hydrogens is 272 g/mol. The highest BCUT2D eigenvalue weighted by molar-refractivity contribution is 7.13. The van der Waals surface area contributed by atoms with E-state index in [2.05, 4.69) is 10.3 Å². The van der Waals surface area contributed by atoms with Gasteiger partial charge in [0.05, 0.1) is 12.1 Å². The van der Waals surface area contributed by atoms with Gasteiger partial charge in [0.25, 0.3) is 0 Å².